The Morgan fingerprint density at radius 3 is 2.53 bits per heavy atom. The summed E-state index contributed by atoms with van der Waals surface area (Å²) in [5.41, 5.74) is 4.47. The summed E-state index contributed by atoms with van der Waals surface area (Å²) < 4.78 is 36.5. The predicted molar refractivity (Wildman–Crippen MR) is 140 cm³/mol. The van der Waals surface area contributed by atoms with Gasteiger partial charge < -0.3 is 14.6 Å². The molecule has 0 bridgehead atoms. The van der Waals surface area contributed by atoms with Crippen molar-refractivity contribution in [2.45, 2.75) is 42.7 Å². The monoisotopic (exact) mass is 512 g/mol. The van der Waals surface area contributed by atoms with Crippen molar-refractivity contribution in [2.24, 2.45) is 7.05 Å². The number of rotatable bonds is 8. The van der Waals surface area contributed by atoms with Crippen molar-refractivity contribution in [1.82, 2.24) is 19.8 Å². The lowest BCUT2D eigenvalue weighted by molar-refractivity contribution is 0.0876. The van der Waals surface area contributed by atoms with Crippen molar-refractivity contribution in [2.75, 3.05) is 33.3 Å². The Labute approximate surface area is 214 Å². The molecule has 1 aromatic heterocycles. The van der Waals surface area contributed by atoms with Gasteiger partial charge in [0, 0.05) is 31.7 Å². The van der Waals surface area contributed by atoms with Crippen LogP contribution in [-0.2, 0) is 30.0 Å². The van der Waals surface area contributed by atoms with Crippen LogP contribution in [0.15, 0.2) is 66.1 Å². The second-order valence-electron chi connectivity index (χ2n) is 9.46. The van der Waals surface area contributed by atoms with Crippen molar-refractivity contribution >= 4 is 10.1 Å². The maximum atomic E-state index is 10.3. The highest BCUT2D eigenvalue weighted by molar-refractivity contribution is 7.85. The fraction of sp³-hybridized carbons (Fsp3) is 0.444. The Hall–Kier alpha value is -2.72. The van der Waals surface area contributed by atoms with Crippen LogP contribution in [0.4, 0.5) is 0 Å². The van der Waals surface area contributed by atoms with E-state index in [0.717, 1.165) is 18.7 Å². The molecule has 9 heteroatoms. The lowest BCUT2D eigenvalue weighted by Gasteiger charge is -2.45. The number of nitrogens with zero attached hydrogens (tertiary/aromatic N) is 3. The molecule has 0 spiro atoms. The predicted octanol–water partition coefficient (Wildman–Crippen LogP) is 3.30. The number of nitrogens with one attached hydrogen (secondary N) is 1. The average molecular weight is 513 g/mol. The lowest BCUT2D eigenvalue weighted by Crippen LogP contribution is -2.49. The zero-order valence-corrected chi connectivity index (χ0v) is 21.8. The summed E-state index contributed by atoms with van der Waals surface area (Å²) in [6, 6.07) is 18.4. The Morgan fingerprint density at radius 1 is 1.17 bits per heavy atom. The van der Waals surface area contributed by atoms with E-state index in [1.54, 1.807) is 7.05 Å². The molecule has 1 saturated heterocycles. The van der Waals surface area contributed by atoms with Crippen LogP contribution in [-0.4, -0.2) is 66.8 Å². The molecule has 3 aromatic rings. The van der Waals surface area contributed by atoms with Crippen LogP contribution < -0.4 is 10.1 Å². The van der Waals surface area contributed by atoms with Crippen molar-refractivity contribution < 1.29 is 17.7 Å². The van der Waals surface area contributed by atoms with Gasteiger partial charge in [-0.15, -0.1) is 0 Å². The number of ether oxygens (including phenoxy) is 1. The van der Waals surface area contributed by atoms with Gasteiger partial charge in [-0.05, 0) is 74.6 Å². The van der Waals surface area contributed by atoms with Crippen molar-refractivity contribution in [3.63, 3.8) is 0 Å². The minimum absolute atomic E-state index is 0.324. The highest BCUT2D eigenvalue weighted by atomic mass is 32.2. The Morgan fingerprint density at radius 2 is 1.94 bits per heavy atom. The van der Waals surface area contributed by atoms with Crippen LogP contribution in [0.2, 0.25) is 0 Å². The lowest BCUT2D eigenvalue weighted by atomic mass is 9.75. The fourth-order valence-electron chi connectivity index (χ4n) is 4.96. The van der Waals surface area contributed by atoms with Gasteiger partial charge >= 0.3 is 10.1 Å². The quantitative estimate of drug-likeness (QED) is 0.353. The first-order valence-corrected chi connectivity index (χ1v) is 13.9. The van der Waals surface area contributed by atoms with Gasteiger partial charge in [0.05, 0.1) is 6.33 Å². The third-order valence-electron chi connectivity index (χ3n) is 6.92. The highest BCUT2D eigenvalue weighted by Crippen LogP contribution is 2.40. The maximum absolute atomic E-state index is 10.3. The Balaban J connectivity index is 0.000000256. The molecule has 194 valence electrons. The minimum atomic E-state index is -4.11. The first-order valence-electron chi connectivity index (χ1n) is 12.5. The van der Waals surface area contributed by atoms with Gasteiger partial charge in [-0.3, -0.25) is 9.45 Å². The van der Waals surface area contributed by atoms with E-state index in [4.69, 9.17) is 9.29 Å². The first-order chi connectivity index (χ1) is 17.3. The average Bonchev–Trinajstić information content (AvgIpc) is 3.28. The first kappa shape index (κ1) is 26.3. The molecule has 1 fully saturated rings. The zero-order chi connectivity index (χ0) is 25.5. The third kappa shape index (κ3) is 6.73. The molecular formula is C27H36N4O4S. The second kappa shape index (κ2) is 12.0. The van der Waals surface area contributed by atoms with Gasteiger partial charge in [0.1, 0.15) is 12.4 Å². The smallest absolute Gasteiger partial charge is 0.313 e. The van der Waals surface area contributed by atoms with E-state index in [-0.39, 0.29) is 5.03 Å². The number of likely N-dealkylation sites (tertiary alicyclic amines) is 1. The molecule has 0 amide bonds. The van der Waals surface area contributed by atoms with Crippen LogP contribution in [0.1, 0.15) is 35.4 Å². The normalized spacial score (nSPS) is 19.5. The molecule has 2 aromatic carbocycles. The number of benzene rings is 2. The SMILES string of the molecule is CNCCOc1ccc2c(c1)C(Cc1ccccc1)C(N1CCC1)CC2.Cn1cnc(S(=O)(=O)O)c1. The van der Waals surface area contributed by atoms with Crippen molar-refractivity contribution in [3.05, 3.63) is 77.7 Å². The third-order valence-corrected chi connectivity index (χ3v) is 7.65. The Bertz CT molecular complexity index is 1230. The van der Waals surface area contributed by atoms with Crippen LogP contribution in [0.25, 0.3) is 0 Å². The van der Waals surface area contributed by atoms with Gasteiger partial charge in [-0.2, -0.15) is 8.42 Å². The molecule has 2 unspecified atom stereocenters. The molecule has 8 nitrogen and oxygen atoms in total. The molecular weight excluding hydrogens is 476 g/mol. The molecule has 2 aliphatic rings. The van der Waals surface area contributed by atoms with Crippen LogP contribution >= 0.6 is 0 Å². The summed E-state index contributed by atoms with van der Waals surface area (Å²) in [5.74, 6) is 1.58. The van der Waals surface area contributed by atoms with E-state index < -0.39 is 10.1 Å². The number of hydrogen-bond donors (Lipinski definition) is 2. The van der Waals surface area contributed by atoms with Crippen LogP contribution in [0, 0.1) is 0 Å². The minimum Gasteiger partial charge on any atom is -0.492 e. The number of hydrogen-bond acceptors (Lipinski definition) is 6. The van der Waals surface area contributed by atoms with E-state index in [2.05, 4.69) is 63.7 Å². The number of aryl methyl sites for hydroxylation is 2. The summed E-state index contributed by atoms with van der Waals surface area (Å²) in [5, 5.41) is 2.82. The topological polar surface area (TPSA) is 96.7 Å². The largest absolute Gasteiger partial charge is 0.492 e. The number of fused-ring (bicyclic) bond motifs is 1. The number of imidazole rings is 1. The summed E-state index contributed by atoms with van der Waals surface area (Å²) in [4.78, 5) is 6.11. The molecule has 1 aliphatic carbocycles. The molecule has 36 heavy (non-hydrogen) atoms. The molecule has 2 N–H and O–H groups in total. The molecule has 0 saturated carbocycles. The van der Waals surface area contributed by atoms with Gasteiger partial charge in [0.15, 0.2) is 5.03 Å². The molecule has 1 aliphatic heterocycles. The van der Waals surface area contributed by atoms with Crippen molar-refractivity contribution in [3.8, 4) is 5.75 Å². The van der Waals surface area contributed by atoms with E-state index in [9.17, 15) is 8.42 Å². The highest BCUT2D eigenvalue weighted by Gasteiger charge is 2.36. The number of likely N-dealkylation sites (N-methyl/N-ethyl adjacent to an activating group) is 1. The van der Waals surface area contributed by atoms with Gasteiger partial charge in [0.2, 0.25) is 0 Å². The summed E-state index contributed by atoms with van der Waals surface area (Å²) in [7, 11) is -0.539. The van der Waals surface area contributed by atoms with Gasteiger partial charge in [-0.1, -0.05) is 36.4 Å². The molecule has 2 heterocycles. The molecule has 2 atom stereocenters. The van der Waals surface area contributed by atoms with E-state index in [0.29, 0.717) is 18.6 Å². The van der Waals surface area contributed by atoms with E-state index in [1.807, 2.05) is 7.05 Å². The zero-order valence-electron chi connectivity index (χ0n) is 21.0. The summed E-state index contributed by atoms with van der Waals surface area (Å²) in [6.07, 6.45) is 7.46. The van der Waals surface area contributed by atoms with Gasteiger partial charge in [0.25, 0.3) is 0 Å². The number of aromatic nitrogens is 2. The van der Waals surface area contributed by atoms with Gasteiger partial charge in [-0.25, -0.2) is 4.98 Å². The van der Waals surface area contributed by atoms with E-state index in [1.165, 1.54) is 66.1 Å². The standard InChI is InChI=1S/C23H30N2O.C4H6N2O3S/c1-24-12-15-26-20-10-8-19-9-11-23(25-13-5-14-25)22(21(19)17-20)16-18-6-3-2-4-7-18;1-6-2-4(5-3-6)10(7,8)9/h2-4,6-8,10,17,22-24H,5,9,11-16H2,1H3;2-3H,1H3,(H,7,8,9). The molecule has 0 radical (unpaired) electrons. The molecule has 5 rings (SSSR count). The Kier molecular flexibility index (Phi) is 8.79. The summed E-state index contributed by atoms with van der Waals surface area (Å²) in [6.45, 7) is 4.13. The van der Waals surface area contributed by atoms with Crippen molar-refractivity contribution in [1.29, 1.82) is 0 Å². The fourth-order valence-corrected chi connectivity index (χ4v) is 5.44. The van der Waals surface area contributed by atoms with Crippen LogP contribution in [0.3, 0.4) is 0 Å². The second-order valence-corrected chi connectivity index (χ2v) is 10.8. The van der Waals surface area contributed by atoms with E-state index >= 15 is 0 Å². The van der Waals surface area contributed by atoms with Crippen LogP contribution in [0.5, 0.6) is 5.75 Å². The summed E-state index contributed by atoms with van der Waals surface area (Å²) >= 11 is 0. The maximum Gasteiger partial charge on any atom is 0.313 e.